The highest BCUT2D eigenvalue weighted by molar-refractivity contribution is 5.77. The van der Waals surface area contributed by atoms with Crippen LogP contribution in [-0.4, -0.2) is 80.0 Å². The summed E-state index contributed by atoms with van der Waals surface area (Å²) in [5, 5.41) is 0. The molecule has 0 bridgehead atoms. The molecule has 3 saturated heterocycles. The molecule has 6 nitrogen and oxygen atoms in total. The molecule has 1 aromatic rings. The van der Waals surface area contributed by atoms with Crippen LogP contribution in [0.4, 0.5) is 0 Å². The summed E-state index contributed by atoms with van der Waals surface area (Å²) in [6.45, 7) is 6.03. The SMILES string of the molecule is O=C(COc1ccccc1)N1CCN([C@@H]2CCOC3(CCOCC3)C2)CC1. The van der Waals surface area contributed by atoms with Gasteiger partial charge < -0.3 is 19.1 Å². The molecule has 148 valence electrons. The maximum Gasteiger partial charge on any atom is 0.260 e. The zero-order chi connectivity index (χ0) is 18.5. The zero-order valence-electron chi connectivity index (χ0n) is 16.0. The second kappa shape index (κ2) is 8.59. The molecule has 3 aliphatic rings. The van der Waals surface area contributed by atoms with E-state index in [9.17, 15) is 4.79 Å². The number of ether oxygens (including phenoxy) is 3. The summed E-state index contributed by atoms with van der Waals surface area (Å²) >= 11 is 0. The summed E-state index contributed by atoms with van der Waals surface area (Å²) < 4.78 is 17.3. The highest BCUT2D eigenvalue weighted by Crippen LogP contribution is 2.36. The van der Waals surface area contributed by atoms with Crippen molar-refractivity contribution in [3.63, 3.8) is 0 Å². The van der Waals surface area contributed by atoms with E-state index < -0.39 is 0 Å². The summed E-state index contributed by atoms with van der Waals surface area (Å²) in [6, 6.07) is 10.1. The zero-order valence-corrected chi connectivity index (χ0v) is 16.0. The number of piperazine rings is 1. The predicted octanol–water partition coefficient (Wildman–Crippen LogP) is 1.94. The van der Waals surface area contributed by atoms with Crippen LogP contribution >= 0.6 is 0 Å². The topological polar surface area (TPSA) is 51.2 Å². The molecule has 1 amide bonds. The lowest BCUT2D eigenvalue weighted by molar-refractivity contribution is -0.155. The Hall–Kier alpha value is -1.63. The molecular formula is C21H30N2O4. The average molecular weight is 374 g/mol. The molecule has 6 heteroatoms. The Labute approximate surface area is 161 Å². The molecule has 1 aromatic carbocycles. The number of carbonyl (C=O) groups excluding carboxylic acids is 1. The van der Waals surface area contributed by atoms with Crippen LogP contribution in [0.15, 0.2) is 30.3 Å². The quantitative estimate of drug-likeness (QED) is 0.806. The minimum atomic E-state index is 0.0254. The van der Waals surface area contributed by atoms with Crippen molar-refractivity contribution in [1.82, 2.24) is 9.80 Å². The van der Waals surface area contributed by atoms with E-state index in [4.69, 9.17) is 14.2 Å². The summed E-state index contributed by atoms with van der Waals surface area (Å²) in [5.74, 6) is 0.819. The minimum Gasteiger partial charge on any atom is -0.484 e. The molecule has 1 spiro atoms. The van der Waals surface area contributed by atoms with Gasteiger partial charge in [0.25, 0.3) is 5.91 Å². The molecule has 4 rings (SSSR count). The second-order valence-corrected chi connectivity index (χ2v) is 7.81. The number of amides is 1. The highest BCUT2D eigenvalue weighted by Gasteiger charge is 2.41. The fourth-order valence-corrected chi connectivity index (χ4v) is 4.49. The maximum absolute atomic E-state index is 12.4. The lowest BCUT2D eigenvalue weighted by atomic mass is 9.83. The third-order valence-electron chi connectivity index (χ3n) is 6.16. The molecule has 27 heavy (non-hydrogen) atoms. The van der Waals surface area contributed by atoms with Crippen LogP contribution in [0.25, 0.3) is 0 Å². The van der Waals surface area contributed by atoms with E-state index in [1.165, 1.54) is 0 Å². The molecule has 3 heterocycles. The molecule has 0 unspecified atom stereocenters. The van der Waals surface area contributed by atoms with Crippen molar-refractivity contribution in [3.05, 3.63) is 30.3 Å². The number of carbonyl (C=O) groups is 1. The van der Waals surface area contributed by atoms with Crippen molar-refractivity contribution in [3.8, 4) is 5.75 Å². The number of rotatable bonds is 4. The Bertz CT molecular complexity index is 604. The van der Waals surface area contributed by atoms with E-state index in [-0.39, 0.29) is 18.1 Å². The number of hydrogen-bond donors (Lipinski definition) is 0. The van der Waals surface area contributed by atoms with Gasteiger partial charge >= 0.3 is 0 Å². The second-order valence-electron chi connectivity index (χ2n) is 7.81. The van der Waals surface area contributed by atoms with Gasteiger partial charge in [0.2, 0.25) is 0 Å². The third kappa shape index (κ3) is 4.62. The number of nitrogens with zero attached hydrogens (tertiary/aromatic N) is 2. The van der Waals surface area contributed by atoms with Crippen molar-refractivity contribution >= 4 is 5.91 Å². The van der Waals surface area contributed by atoms with Crippen LogP contribution in [0.2, 0.25) is 0 Å². The Morgan fingerprint density at radius 1 is 1.07 bits per heavy atom. The standard InChI is InChI=1S/C21H30N2O4/c24-20(17-26-19-4-2-1-3-5-19)23-11-9-22(10-12-23)18-6-13-27-21(16-18)7-14-25-15-8-21/h1-5,18H,6-17H2/t18-/m1/s1. The maximum atomic E-state index is 12.4. The van der Waals surface area contributed by atoms with Crippen LogP contribution in [0.3, 0.4) is 0 Å². The highest BCUT2D eigenvalue weighted by atomic mass is 16.5. The summed E-state index contributed by atoms with van der Waals surface area (Å²) in [6.07, 6.45) is 4.21. The van der Waals surface area contributed by atoms with Crippen molar-refractivity contribution in [2.45, 2.75) is 37.3 Å². The van der Waals surface area contributed by atoms with Gasteiger partial charge in [-0.25, -0.2) is 0 Å². The van der Waals surface area contributed by atoms with Gasteiger partial charge in [0.1, 0.15) is 5.75 Å². The number of para-hydroxylation sites is 1. The van der Waals surface area contributed by atoms with Crippen molar-refractivity contribution < 1.29 is 19.0 Å². The molecule has 0 N–H and O–H groups in total. The third-order valence-corrected chi connectivity index (χ3v) is 6.16. The molecule has 0 aliphatic carbocycles. The Kier molecular flexibility index (Phi) is 5.95. The molecule has 0 saturated carbocycles. The van der Waals surface area contributed by atoms with Gasteiger partial charge in [-0.3, -0.25) is 9.69 Å². The van der Waals surface area contributed by atoms with Gasteiger partial charge in [-0.1, -0.05) is 18.2 Å². The van der Waals surface area contributed by atoms with Gasteiger partial charge in [0, 0.05) is 52.0 Å². The average Bonchev–Trinajstić information content (AvgIpc) is 2.73. The first kappa shape index (κ1) is 18.7. The molecule has 0 radical (unpaired) electrons. The lowest BCUT2D eigenvalue weighted by Crippen LogP contribution is -2.57. The van der Waals surface area contributed by atoms with Crippen molar-refractivity contribution in [2.75, 3.05) is 52.6 Å². The Morgan fingerprint density at radius 2 is 1.81 bits per heavy atom. The Balaban J connectivity index is 1.24. The lowest BCUT2D eigenvalue weighted by Gasteiger charge is -2.48. The smallest absolute Gasteiger partial charge is 0.260 e. The van der Waals surface area contributed by atoms with E-state index in [0.29, 0.717) is 6.04 Å². The normalized spacial score (nSPS) is 26.1. The van der Waals surface area contributed by atoms with Crippen LogP contribution in [-0.2, 0) is 14.3 Å². The first-order chi connectivity index (χ1) is 13.2. The number of benzene rings is 1. The van der Waals surface area contributed by atoms with Gasteiger partial charge in [-0.15, -0.1) is 0 Å². The fraction of sp³-hybridized carbons (Fsp3) is 0.667. The monoisotopic (exact) mass is 374 g/mol. The fourth-order valence-electron chi connectivity index (χ4n) is 4.49. The van der Waals surface area contributed by atoms with Gasteiger partial charge in [-0.2, -0.15) is 0 Å². The van der Waals surface area contributed by atoms with Gasteiger partial charge in [0.05, 0.1) is 5.60 Å². The van der Waals surface area contributed by atoms with E-state index in [1.807, 2.05) is 35.2 Å². The van der Waals surface area contributed by atoms with Crippen molar-refractivity contribution in [2.24, 2.45) is 0 Å². The van der Waals surface area contributed by atoms with Crippen LogP contribution in [0.1, 0.15) is 25.7 Å². The molecule has 1 atom stereocenters. The minimum absolute atomic E-state index is 0.0254. The predicted molar refractivity (Wildman–Crippen MR) is 102 cm³/mol. The van der Waals surface area contributed by atoms with Crippen molar-refractivity contribution in [1.29, 1.82) is 0 Å². The Morgan fingerprint density at radius 3 is 2.56 bits per heavy atom. The molecule has 3 aliphatic heterocycles. The van der Waals surface area contributed by atoms with Crippen LogP contribution in [0.5, 0.6) is 5.75 Å². The first-order valence-electron chi connectivity index (χ1n) is 10.2. The largest absolute Gasteiger partial charge is 0.484 e. The summed E-state index contributed by atoms with van der Waals surface area (Å²) in [7, 11) is 0. The van der Waals surface area contributed by atoms with E-state index in [1.54, 1.807) is 0 Å². The number of hydrogen-bond acceptors (Lipinski definition) is 5. The molecule has 0 aromatic heterocycles. The van der Waals surface area contributed by atoms with E-state index in [0.717, 1.165) is 77.4 Å². The summed E-state index contributed by atoms with van der Waals surface area (Å²) in [4.78, 5) is 16.9. The first-order valence-corrected chi connectivity index (χ1v) is 10.2. The van der Waals surface area contributed by atoms with Crippen LogP contribution in [0, 0.1) is 0 Å². The molecular weight excluding hydrogens is 344 g/mol. The van der Waals surface area contributed by atoms with E-state index >= 15 is 0 Å². The van der Waals surface area contributed by atoms with Gasteiger partial charge in [-0.05, 0) is 37.8 Å². The van der Waals surface area contributed by atoms with Gasteiger partial charge in [0.15, 0.2) is 6.61 Å². The molecule has 3 fully saturated rings. The summed E-state index contributed by atoms with van der Waals surface area (Å²) in [5.41, 5.74) is 0.0254. The van der Waals surface area contributed by atoms with E-state index in [2.05, 4.69) is 4.90 Å². The van der Waals surface area contributed by atoms with Crippen LogP contribution < -0.4 is 4.74 Å².